The van der Waals surface area contributed by atoms with E-state index >= 15 is 0 Å². The van der Waals surface area contributed by atoms with Gasteiger partial charge in [0.25, 0.3) is 0 Å². The Morgan fingerprint density at radius 3 is 2.33 bits per heavy atom. The van der Waals surface area contributed by atoms with Gasteiger partial charge in [0.1, 0.15) is 11.5 Å². The molecule has 0 amide bonds. The lowest BCUT2D eigenvalue weighted by Gasteiger charge is -2.35. The van der Waals surface area contributed by atoms with Crippen molar-refractivity contribution in [2.75, 3.05) is 0 Å². The Hall–Kier alpha value is -3.29. The van der Waals surface area contributed by atoms with E-state index in [0.29, 0.717) is 0 Å². The number of rotatable bonds is 3. The van der Waals surface area contributed by atoms with E-state index in [2.05, 4.69) is 0 Å². The molecule has 0 saturated heterocycles. The van der Waals surface area contributed by atoms with Crippen LogP contribution in [0.5, 0.6) is 0 Å². The highest BCUT2D eigenvalue weighted by molar-refractivity contribution is 6.21. The van der Waals surface area contributed by atoms with Gasteiger partial charge in [-0.25, -0.2) is 0 Å². The Morgan fingerprint density at radius 1 is 1.07 bits per heavy atom. The van der Waals surface area contributed by atoms with Gasteiger partial charge in [-0.2, -0.15) is 0 Å². The molecule has 3 atom stereocenters. The number of carbonyl (C=O) groups is 5. The average molecular weight is 372 g/mol. The zero-order valence-corrected chi connectivity index (χ0v) is 14.6. The van der Waals surface area contributed by atoms with Crippen molar-refractivity contribution in [2.24, 2.45) is 17.8 Å². The third kappa shape index (κ3) is 3.25. The molecule has 3 rings (SSSR count). The molecule has 0 spiro atoms. The van der Waals surface area contributed by atoms with Gasteiger partial charge in [0.2, 0.25) is 0 Å². The minimum atomic E-state index is -1.20. The number of carboxylic acids is 1. The summed E-state index contributed by atoms with van der Waals surface area (Å²) in [5.41, 5.74) is -0.202. The molecule has 140 valence electrons. The molecule has 1 N–H and O–H groups in total. The van der Waals surface area contributed by atoms with Gasteiger partial charge in [-0.05, 0) is 6.08 Å². The minimum Gasteiger partial charge on any atom is -0.481 e. The second kappa shape index (κ2) is 6.79. The highest BCUT2D eigenvalue weighted by Crippen LogP contribution is 2.44. The number of ketones is 2. The van der Waals surface area contributed by atoms with Crippen LogP contribution in [0.15, 0.2) is 47.0 Å². The fourth-order valence-corrected chi connectivity index (χ4v) is 3.49. The lowest BCUT2D eigenvalue weighted by atomic mass is 9.67. The Bertz CT molecular complexity index is 899. The summed E-state index contributed by atoms with van der Waals surface area (Å²) in [4.78, 5) is 60.3. The molecule has 8 nitrogen and oxygen atoms in total. The van der Waals surface area contributed by atoms with Gasteiger partial charge in [-0.1, -0.05) is 18.2 Å². The number of hydrogen-bond acceptors (Lipinski definition) is 7. The molecule has 0 aliphatic heterocycles. The van der Waals surface area contributed by atoms with E-state index in [0.717, 1.165) is 6.92 Å². The Morgan fingerprint density at radius 2 is 1.74 bits per heavy atom. The molecule has 27 heavy (non-hydrogen) atoms. The predicted molar refractivity (Wildman–Crippen MR) is 88.6 cm³/mol. The van der Waals surface area contributed by atoms with E-state index in [9.17, 15) is 29.1 Å². The standard InChI is InChI=1S/C19H16O8/c1-8(20)26-13-5-3-4-11-15(13)18(23)16-12(17(11)22)6-10(19(24)25)7-14(16)27-9(2)21/h3-6,10-11,15H,7H2,1-2H3,(H,24,25). The molecule has 0 aromatic rings. The van der Waals surface area contributed by atoms with Crippen LogP contribution in [0.4, 0.5) is 0 Å². The van der Waals surface area contributed by atoms with Gasteiger partial charge >= 0.3 is 17.9 Å². The second-order valence-electron chi connectivity index (χ2n) is 6.40. The first kappa shape index (κ1) is 18.5. The highest BCUT2D eigenvalue weighted by atomic mass is 16.5. The van der Waals surface area contributed by atoms with E-state index < -0.39 is 47.2 Å². The van der Waals surface area contributed by atoms with Crippen molar-refractivity contribution < 1.29 is 38.6 Å². The second-order valence-corrected chi connectivity index (χ2v) is 6.40. The van der Waals surface area contributed by atoms with Crippen LogP contribution < -0.4 is 0 Å². The van der Waals surface area contributed by atoms with Crippen LogP contribution in [0.2, 0.25) is 0 Å². The number of ether oxygens (including phenoxy) is 2. The molecule has 0 bridgehead atoms. The first-order valence-electron chi connectivity index (χ1n) is 8.22. The van der Waals surface area contributed by atoms with Crippen molar-refractivity contribution in [3.8, 4) is 0 Å². The van der Waals surface area contributed by atoms with Crippen LogP contribution in [0.1, 0.15) is 20.3 Å². The SMILES string of the molecule is CC(=O)OC1=CC=CC2C(=O)C3=CC(C(=O)O)CC(OC(C)=O)=C3C(=O)C12. The number of fused-ring (bicyclic) bond motifs is 2. The highest BCUT2D eigenvalue weighted by Gasteiger charge is 2.49. The zero-order valence-electron chi connectivity index (χ0n) is 14.6. The third-order valence-electron chi connectivity index (χ3n) is 4.51. The molecule has 3 unspecified atom stereocenters. The molecule has 3 aliphatic carbocycles. The summed E-state index contributed by atoms with van der Waals surface area (Å²) in [6, 6.07) is 0. The molecular formula is C19H16O8. The first-order chi connectivity index (χ1) is 12.7. The van der Waals surface area contributed by atoms with Crippen molar-refractivity contribution in [3.05, 3.63) is 47.0 Å². The number of hydrogen-bond donors (Lipinski definition) is 1. The van der Waals surface area contributed by atoms with Crippen LogP contribution in [0.25, 0.3) is 0 Å². The van der Waals surface area contributed by atoms with Gasteiger partial charge in [-0.3, -0.25) is 24.0 Å². The van der Waals surface area contributed by atoms with Crippen LogP contribution in [0.3, 0.4) is 0 Å². The number of allylic oxidation sites excluding steroid dienone is 7. The molecule has 1 saturated carbocycles. The smallest absolute Gasteiger partial charge is 0.310 e. The lowest BCUT2D eigenvalue weighted by Crippen LogP contribution is -2.42. The van der Waals surface area contributed by atoms with Crippen molar-refractivity contribution >= 4 is 29.5 Å². The van der Waals surface area contributed by atoms with E-state index in [4.69, 9.17) is 9.47 Å². The van der Waals surface area contributed by atoms with E-state index in [1.165, 1.54) is 31.2 Å². The average Bonchev–Trinajstić information content (AvgIpc) is 2.57. The maximum Gasteiger partial charge on any atom is 0.310 e. The van der Waals surface area contributed by atoms with Gasteiger partial charge in [0.15, 0.2) is 11.6 Å². The van der Waals surface area contributed by atoms with E-state index in [-0.39, 0.29) is 29.1 Å². The predicted octanol–water partition coefficient (Wildman–Crippen LogP) is 1.24. The Kier molecular flexibility index (Phi) is 4.65. The maximum absolute atomic E-state index is 13.1. The van der Waals surface area contributed by atoms with Crippen LogP contribution in [-0.2, 0) is 33.4 Å². The van der Waals surface area contributed by atoms with Crippen molar-refractivity contribution in [1.29, 1.82) is 0 Å². The Balaban J connectivity index is 2.13. The summed E-state index contributed by atoms with van der Waals surface area (Å²) in [7, 11) is 0. The quantitative estimate of drug-likeness (QED) is 0.734. The summed E-state index contributed by atoms with van der Waals surface area (Å²) in [6.07, 6.45) is 5.43. The van der Waals surface area contributed by atoms with Crippen LogP contribution in [-0.4, -0.2) is 34.6 Å². The number of Topliss-reactive ketones (excluding diaryl/α,β-unsaturated/α-hetero) is 2. The fraction of sp³-hybridized carbons (Fsp3) is 0.316. The molecule has 1 fully saturated rings. The van der Waals surface area contributed by atoms with Gasteiger partial charge in [0, 0.05) is 25.8 Å². The van der Waals surface area contributed by atoms with Crippen molar-refractivity contribution in [2.45, 2.75) is 20.3 Å². The van der Waals surface area contributed by atoms with E-state index in [1.807, 2.05) is 0 Å². The first-order valence-corrected chi connectivity index (χ1v) is 8.22. The molecule has 8 heteroatoms. The molecule has 0 aromatic heterocycles. The summed E-state index contributed by atoms with van der Waals surface area (Å²) in [5.74, 6) is -6.81. The molecule has 0 heterocycles. The topological polar surface area (TPSA) is 124 Å². The molecule has 0 radical (unpaired) electrons. The monoisotopic (exact) mass is 372 g/mol. The number of esters is 2. The van der Waals surface area contributed by atoms with Crippen molar-refractivity contribution in [3.63, 3.8) is 0 Å². The fourth-order valence-electron chi connectivity index (χ4n) is 3.49. The summed E-state index contributed by atoms with van der Waals surface area (Å²) in [6.45, 7) is 2.29. The van der Waals surface area contributed by atoms with Gasteiger partial charge in [0.05, 0.1) is 23.3 Å². The number of carboxylic acid groups (broad SMARTS) is 1. The summed E-state index contributed by atoms with van der Waals surface area (Å²) < 4.78 is 10.2. The van der Waals surface area contributed by atoms with Gasteiger partial charge in [-0.15, -0.1) is 0 Å². The largest absolute Gasteiger partial charge is 0.481 e. The number of carbonyl (C=O) groups excluding carboxylic acids is 4. The molecule has 0 aromatic carbocycles. The number of aliphatic carboxylic acids is 1. The molecule has 3 aliphatic rings. The Labute approximate surface area is 153 Å². The maximum atomic E-state index is 13.1. The van der Waals surface area contributed by atoms with Gasteiger partial charge < -0.3 is 14.6 Å². The van der Waals surface area contributed by atoms with Crippen LogP contribution in [0, 0.1) is 17.8 Å². The molecular weight excluding hydrogens is 356 g/mol. The summed E-state index contributed by atoms with van der Waals surface area (Å²) >= 11 is 0. The normalized spacial score (nSPS) is 26.5. The zero-order chi connectivity index (χ0) is 19.9. The lowest BCUT2D eigenvalue weighted by molar-refractivity contribution is -0.143. The van der Waals surface area contributed by atoms with Crippen molar-refractivity contribution in [1.82, 2.24) is 0 Å². The summed E-state index contributed by atoms with van der Waals surface area (Å²) in [5, 5.41) is 9.32. The minimum absolute atomic E-state index is 0.0300. The third-order valence-corrected chi connectivity index (χ3v) is 4.51. The van der Waals surface area contributed by atoms with Crippen LogP contribution >= 0.6 is 0 Å². The van der Waals surface area contributed by atoms with E-state index in [1.54, 1.807) is 0 Å².